The van der Waals surface area contributed by atoms with Gasteiger partial charge in [-0.2, -0.15) is 0 Å². The van der Waals surface area contributed by atoms with Crippen molar-refractivity contribution in [2.45, 2.75) is 32.0 Å². The molecule has 0 radical (unpaired) electrons. The smallest absolute Gasteiger partial charge is 0.253 e. The van der Waals surface area contributed by atoms with E-state index in [1.807, 2.05) is 6.07 Å². The van der Waals surface area contributed by atoms with Gasteiger partial charge in [0, 0.05) is 58.6 Å². The highest BCUT2D eigenvalue weighted by molar-refractivity contribution is 5.94. The highest BCUT2D eigenvalue weighted by Gasteiger charge is 2.28. The van der Waals surface area contributed by atoms with Gasteiger partial charge in [-0.25, -0.2) is 0 Å². The van der Waals surface area contributed by atoms with E-state index in [4.69, 9.17) is 0 Å². The fraction of sp³-hybridized carbons (Fsp3) is 0.435. The molecule has 1 fully saturated rings. The zero-order valence-electron chi connectivity index (χ0n) is 17.8. The highest BCUT2D eigenvalue weighted by Crippen LogP contribution is 2.19. The number of pyridine rings is 1. The molecule has 3 N–H and O–H groups in total. The Balaban J connectivity index is 1.23. The number of hydrogen-bond acceptors (Lipinski definition) is 6. The highest BCUT2D eigenvalue weighted by atomic mass is 16.3. The van der Waals surface area contributed by atoms with Gasteiger partial charge in [-0.3, -0.25) is 19.5 Å². The molecule has 2 amide bonds. The maximum atomic E-state index is 12.5. The molecular weight excluding hydrogens is 394 g/mol. The topological polar surface area (TPSA) is 97.8 Å². The second-order valence-electron chi connectivity index (χ2n) is 8.35. The Bertz CT molecular complexity index is 944. The van der Waals surface area contributed by atoms with Crippen LogP contribution in [0.4, 0.5) is 5.69 Å². The standard InChI is InChI=1S/C23H29N5O3/c1-16(29)28-13-21(14-28)26-20-8-19(9-24-10-20)23(31)25-11-22(30)15-27-7-6-17-4-2-3-5-18(17)12-27/h2-5,8-10,21-22,26,30H,6-7,11-15H2,1H3,(H,25,31)/t22-/m0/s1. The third kappa shape index (κ3) is 5.39. The summed E-state index contributed by atoms with van der Waals surface area (Å²) < 4.78 is 0. The van der Waals surface area contributed by atoms with Crippen LogP contribution in [0.5, 0.6) is 0 Å². The lowest BCUT2D eigenvalue weighted by Crippen LogP contribution is -2.56. The lowest BCUT2D eigenvalue weighted by atomic mass is 10.00. The molecule has 2 aromatic rings. The van der Waals surface area contributed by atoms with Gasteiger partial charge in [-0.15, -0.1) is 0 Å². The van der Waals surface area contributed by atoms with E-state index in [0.29, 0.717) is 25.2 Å². The van der Waals surface area contributed by atoms with Crippen molar-refractivity contribution in [1.82, 2.24) is 20.1 Å². The second-order valence-corrected chi connectivity index (χ2v) is 8.35. The summed E-state index contributed by atoms with van der Waals surface area (Å²) in [6.07, 6.45) is 3.51. The van der Waals surface area contributed by atoms with Crippen molar-refractivity contribution in [1.29, 1.82) is 0 Å². The predicted octanol–water partition coefficient (Wildman–Crippen LogP) is 0.873. The van der Waals surface area contributed by atoms with Gasteiger partial charge < -0.3 is 20.6 Å². The molecule has 4 rings (SSSR count). The van der Waals surface area contributed by atoms with Gasteiger partial charge in [0.25, 0.3) is 5.91 Å². The predicted molar refractivity (Wildman–Crippen MR) is 118 cm³/mol. The zero-order valence-corrected chi connectivity index (χ0v) is 17.8. The van der Waals surface area contributed by atoms with Gasteiger partial charge in [0.1, 0.15) is 0 Å². The Kier molecular flexibility index (Phi) is 6.48. The summed E-state index contributed by atoms with van der Waals surface area (Å²) in [5.41, 5.74) is 3.86. The number of aliphatic hydroxyl groups excluding tert-OH is 1. The number of carbonyl (C=O) groups is 2. The number of nitrogens with one attached hydrogen (secondary N) is 2. The number of likely N-dealkylation sites (tertiary alicyclic amines) is 1. The SMILES string of the molecule is CC(=O)N1CC(Nc2cncc(C(=O)NC[C@H](O)CN3CCc4ccccc4C3)c2)C1. The van der Waals surface area contributed by atoms with Crippen molar-refractivity contribution in [2.75, 3.05) is 38.0 Å². The third-order valence-electron chi connectivity index (χ3n) is 5.87. The molecule has 0 spiro atoms. The lowest BCUT2D eigenvalue weighted by Gasteiger charge is -2.39. The number of amides is 2. The van der Waals surface area contributed by atoms with E-state index in [1.165, 1.54) is 17.3 Å². The number of benzene rings is 1. The molecule has 0 aliphatic carbocycles. The summed E-state index contributed by atoms with van der Waals surface area (Å²) >= 11 is 0. The fourth-order valence-electron chi connectivity index (χ4n) is 4.09. The van der Waals surface area contributed by atoms with Crippen LogP contribution in [0.2, 0.25) is 0 Å². The van der Waals surface area contributed by atoms with E-state index in [-0.39, 0.29) is 24.4 Å². The first kappa shape index (κ1) is 21.3. The van der Waals surface area contributed by atoms with Crippen LogP contribution >= 0.6 is 0 Å². The molecule has 2 aliphatic rings. The third-order valence-corrected chi connectivity index (χ3v) is 5.87. The summed E-state index contributed by atoms with van der Waals surface area (Å²) in [6, 6.07) is 10.3. The Morgan fingerprint density at radius 1 is 1.23 bits per heavy atom. The molecule has 1 saturated heterocycles. The Hall–Kier alpha value is -2.97. The monoisotopic (exact) mass is 423 g/mol. The largest absolute Gasteiger partial charge is 0.390 e. The number of anilines is 1. The summed E-state index contributed by atoms with van der Waals surface area (Å²) in [5, 5.41) is 16.5. The lowest BCUT2D eigenvalue weighted by molar-refractivity contribution is -0.132. The average Bonchev–Trinajstić information content (AvgIpc) is 2.74. The number of aliphatic hydroxyl groups is 1. The molecule has 2 aliphatic heterocycles. The first-order chi connectivity index (χ1) is 15.0. The maximum Gasteiger partial charge on any atom is 0.253 e. The van der Waals surface area contributed by atoms with Crippen LogP contribution in [0.1, 0.15) is 28.4 Å². The average molecular weight is 424 g/mol. The fourth-order valence-corrected chi connectivity index (χ4v) is 4.09. The van der Waals surface area contributed by atoms with Gasteiger partial charge in [0.2, 0.25) is 5.91 Å². The molecule has 1 aromatic heterocycles. The van der Waals surface area contributed by atoms with Crippen LogP contribution < -0.4 is 10.6 Å². The minimum absolute atomic E-state index is 0.0663. The van der Waals surface area contributed by atoms with Crippen LogP contribution in [-0.2, 0) is 17.8 Å². The molecule has 1 atom stereocenters. The molecule has 8 nitrogen and oxygen atoms in total. The van der Waals surface area contributed by atoms with E-state index in [9.17, 15) is 14.7 Å². The number of β-amino-alcohol motifs (C(OH)–C–C–N with tert-alkyl or cyclic N) is 1. The molecule has 0 unspecified atom stereocenters. The van der Waals surface area contributed by atoms with Gasteiger partial charge in [-0.1, -0.05) is 24.3 Å². The maximum absolute atomic E-state index is 12.5. The Morgan fingerprint density at radius 3 is 2.77 bits per heavy atom. The van der Waals surface area contributed by atoms with Crippen LogP contribution in [0, 0.1) is 0 Å². The molecular formula is C23H29N5O3. The van der Waals surface area contributed by atoms with E-state index in [2.05, 4.69) is 38.7 Å². The number of hydrogen-bond donors (Lipinski definition) is 3. The molecule has 1 aromatic carbocycles. The first-order valence-corrected chi connectivity index (χ1v) is 10.7. The summed E-state index contributed by atoms with van der Waals surface area (Å²) in [5.74, 6) is -0.199. The molecule has 3 heterocycles. The van der Waals surface area contributed by atoms with Crippen molar-refractivity contribution in [3.63, 3.8) is 0 Å². The van der Waals surface area contributed by atoms with E-state index < -0.39 is 6.10 Å². The molecule has 31 heavy (non-hydrogen) atoms. The van der Waals surface area contributed by atoms with E-state index in [1.54, 1.807) is 24.1 Å². The van der Waals surface area contributed by atoms with Crippen LogP contribution in [0.3, 0.4) is 0 Å². The second kappa shape index (κ2) is 9.45. The number of aromatic nitrogens is 1. The zero-order chi connectivity index (χ0) is 21.8. The van der Waals surface area contributed by atoms with Crippen LogP contribution in [-0.4, -0.2) is 76.6 Å². The van der Waals surface area contributed by atoms with Crippen molar-refractivity contribution in [2.24, 2.45) is 0 Å². The number of carbonyl (C=O) groups excluding carboxylic acids is 2. The van der Waals surface area contributed by atoms with E-state index in [0.717, 1.165) is 25.2 Å². The minimum Gasteiger partial charge on any atom is -0.390 e. The summed E-state index contributed by atoms with van der Waals surface area (Å²) in [7, 11) is 0. The quantitative estimate of drug-likeness (QED) is 0.612. The Labute approximate surface area is 182 Å². The number of nitrogens with zero attached hydrogens (tertiary/aromatic N) is 3. The molecule has 0 bridgehead atoms. The summed E-state index contributed by atoms with van der Waals surface area (Å²) in [6.45, 7) is 5.29. The number of rotatable bonds is 7. The molecule has 164 valence electrons. The van der Waals surface area contributed by atoms with Crippen molar-refractivity contribution < 1.29 is 14.7 Å². The van der Waals surface area contributed by atoms with Gasteiger partial charge >= 0.3 is 0 Å². The molecule has 8 heteroatoms. The van der Waals surface area contributed by atoms with Gasteiger partial charge in [-0.05, 0) is 23.6 Å². The van der Waals surface area contributed by atoms with Crippen LogP contribution in [0.15, 0.2) is 42.7 Å². The van der Waals surface area contributed by atoms with Crippen molar-refractivity contribution in [3.05, 3.63) is 59.4 Å². The Morgan fingerprint density at radius 2 is 2.00 bits per heavy atom. The number of fused-ring (bicyclic) bond motifs is 1. The normalized spacial score (nSPS) is 17.4. The van der Waals surface area contributed by atoms with Gasteiger partial charge in [0.15, 0.2) is 0 Å². The van der Waals surface area contributed by atoms with E-state index >= 15 is 0 Å². The van der Waals surface area contributed by atoms with Crippen molar-refractivity contribution >= 4 is 17.5 Å². The summed E-state index contributed by atoms with van der Waals surface area (Å²) in [4.78, 5) is 31.9. The van der Waals surface area contributed by atoms with Crippen LogP contribution in [0.25, 0.3) is 0 Å². The first-order valence-electron chi connectivity index (χ1n) is 10.7. The van der Waals surface area contributed by atoms with Gasteiger partial charge in [0.05, 0.1) is 23.4 Å². The molecule has 0 saturated carbocycles. The van der Waals surface area contributed by atoms with Crippen molar-refractivity contribution in [3.8, 4) is 0 Å². The minimum atomic E-state index is -0.643.